The zero-order valence-electron chi connectivity index (χ0n) is 47.0. The number of esters is 2. The number of urea groups is 2. The summed E-state index contributed by atoms with van der Waals surface area (Å²) in [7, 11) is 2.56. The predicted molar refractivity (Wildman–Crippen MR) is 316 cm³/mol. The van der Waals surface area contributed by atoms with E-state index < -0.39 is 70.4 Å². The largest absolute Gasteiger partial charge is 0.478 e. The average Bonchev–Trinajstić information content (AvgIpc) is 1.75. The second-order valence-corrected chi connectivity index (χ2v) is 23.2. The van der Waals surface area contributed by atoms with Gasteiger partial charge >= 0.3 is 35.9 Å². The van der Waals surface area contributed by atoms with E-state index in [4.69, 9.17) is 41.3 Å². The number of ether oxygens (including phenoxy) is 2. The van der Waals surface area contributed by atoms with E-state index in [-0.39, 0.29) is 54.1 Å². The van der Waals surface area contributed by atoms with E-state index >= 15 is 0 Å². The number of anilines is 2. The molecule has 29 heteroatoms. The number of hydrogen-bond donors (Lipinski definition) is 4. The lowest BCUT2D eigenvalue weighted by Gasteiger charge is -2.38. The number of carboxylic acids is 2. The van der Waals surface area contributed by atoms with Crippen LogP contribution in [-0.4, -0.2) is 179 Å². The van der Waals surface area contributed by atoms with Gasteiger partial charge in [0.2, 0.25) is 0 Å². The molecule has 6 aliphatic rings. The van der Waals surface area contributed by atoms with Crippen LogP contribution in [0.3, 0.4) is 0 Å². The summed E-state index contributed by atoms with van der Waals surface area (Å²) < 4.78 is 67.9. The van der Waals surface area contributed by atoms with E-state index in [0.29, 0.717) is 107 Å². The first-order chi connectivity index (χ1) is 42.3. The maximum atomic E-state index is 14.7. The molecular formula is C59H53ClF4N12O10S2. The number of fused-ring (bicyclic) bond motifs is 2. The van der Waals surface area contributed by atoms with Gasteiger partial charge in [0.1, 0.15) is 23.7 Å². The number of amidine groups is 2. The van der Waals surface area contributed by atoms with Crippen molar-refractivity contribution in [3.63, 3.8) is 0 Å². The number of carbonyl (C=O) groups is 6. The highest BCUT2D eigenvalue weighted by molar-refractivity contribution is 7.12. The standard InChI is InChI=1S/C30H27F3N6O5S.C29H26ClFN6O5S/c1-15-18(5-6-20(31)24(15)33)25-23(29(42)44-2)22(35-26(36-25)27-34-7-10-45-27)14-37-8-9-38-17(12-37)13-39(30(38)43)16-3-4-19(28(40)41)21(32)11-16;1-42-28(40)23-22(33-25(26-32-8-11-43-26)34-24(23)16-2-4-17(30)5-3-16)15-35-9-10-36-19(13-35)14-37(29(36)41)18-6-7-20(27(38)39)21(31)12-18/h3-7,10-11,17,25H,8-9,12-14H2,1-2H3,(H,35,36)(H,40,41);2-8,11-12,19,24H,9-10,13-15H2,1H3,(H,33,34)(H,38,39)/t17-,25-;19-,24-/m00/s1. The Hall–Kier alpha value is -9.09. The number of nitrogens with one attached hydrogen (secondary N) is 2. The fraction of sp³-hybridized carbons (Fsp3) is 0.288. The number of amides is 4. The van der Waals surface area contributed by atoms with Gasteiger partial charge in [0.05, 0.1) is 48.6 Å². The summed E-state index contributed by atoms with van der Waals surface area (Å²) >= 11 is 8.87. The third kappa shape index (κ3) is 12.0. The number of benzene rings is 4. The molecule has 0 aliphatic carbocycles. The van der Waals surface area contributed by atoms with Gasteiger partial charge in [-0.25, -0.2) is 56.3 Å². The highest BCUT2D eigenvalue weighted by Gasteiger charge is 2.45. The van der Waals surface area contributed by atoms with Crippen LogP contribution >= 0.6 is 34.3 Å². The van der Waals surface area contributed by atoms with Gasteiger partial charge < -0.3 is 40.1 Å². The van der Waals surface area contributed by atoms with Crippen molar-refractivity contribution >= 4 is 93.3 Å². The maximum absolute atomic E-state index is 14.7. The van der Waals surface area contributed by atoms with Crippen molar-refractivity contribution in [3.8, 4) is 0 Å². The zero-order chi connectivity index (χ0) is 62.2. The molecule has 8 heterocycles. The van der Waals surface area contributed by atoms with E-state index in [9.17, 15) is 46.3 Å². The monoisotopic (exact) mass is 1260 g/mol. The van der Waals surface area contributed by atoms with Crippen LogP contribution in [0.25, 0.3) is 0 Å². The van der Waals surface area contributed by atoms with E-state index in [1.807, 2.05) is 22.4 Å². The molecule has 2 aromatic heterocycles. The van der Waals surface area contributed by atoms with Gasteiger partial charge in [-0.3, -0.25) is 29.6 Å². The molecule has 22 nitrogen and oxygen atoms in total. The molecule has 4 amide bonds. The van der Waals surface area contributed by atoms with Crippen LogP contribution in [0.2, 0.25) is 5.02 Å². The first kappa shape index (κ1) is 60.6. The number of rotatable bonds is 14. The number of carboxylic acid groups (broad SMARTS) is 2. The van der Waals surface area contributed by atoms with Crippen molar-refractivity contribution < 1.29 is 66.0 Å². The second kappa shape index (κ2) is 25.3. The van der Waals surface area contributed by atoms with Crippen molar-refractivity contribution in [1.29, 1.82) is 0 Å². The van der Waals surface area contributed by atoms with Gasteiger partial charge in [0, 0.05) is 116 Å². The number of hydrogen-bond acceptors (Lipinski definition) is 18. The van der Waals surface area contributed by atoms with Crippen LogP contribution in [0.4, 0.5) is 38.5 Å². The quantitative estimate of drug-likeness (QED) is 0.0609. The van der Waals surface area contributed by atoms with Crippen LogP contribution in [0.15, 0.2) is 128 Å². The third-order valence-corrected chi connectivity index (χ3v) is 17.6. The number of aromatic carboxylic acids is 2. The lowest BCUT2D eigenvalue weighted by molar-refractivity contribution is -0.137. The Morgan fingerprint density at radius 2 is 1.09 bits per heavy atom. The van der Waals surface area contributed by atoms with Gasteiger partial charge in [-0.05, 0) is 78.2 Å². The van der Waals surface area contributed by atoms with Crippen molar-refractivity contribution in [2.45, 2.75) is 31.1 Å². The topological polar surface area (TPSA) is 255 Å². The van der Waals surface area contributed by atoms with E-state index in [1.165, 1.54) is 71.8 Å². The first-order valence-corrected chi connectivity index (χ1v) is 29.4. The fourth-order valence-electron chi connectivity index (χ4n) is 11.5. The molecule has 0 unspecified atom stereocenters. The zero-order valence-corrected chi connectivity index (χ0v) is 49.3. The summed E-state index contributed by atoms with van der Waals surface area (Å²) in [6.45, 7) is 5.12. The molecule has 6 aromatic rings. The van der Waals surface area contributed by atoms with Crippen LogP contribution in [0, 0.1) is 30.2 Å². The summed E-state index contributed by atoms with van der Waals surface area (Å²) in [5.41, 5.74) is 2.24. The minimum atomic E-state index is -1.40. The summed E-state index contributed by atoms with van der Waals surface area (Å²) in [5, 5.41) is 30.2. The molecule has 4 atom stereocenters. The molecule has 0 bridgehead atoms. The van der Waals surface area contributed by atoms with Gasteiger partial charge in [0.25, 0.3) is 0 Å². The summed E-state index contributed by atoms with van der Waals surface area (Å²) in [6, 6.07) is 14.0. The van der Waals surface area contributed by atoms with Crippen LogP contribution < -0.4 is 20.4 Å². The summed E-state index contributed by atoms with van der Waals surface area (Å²) in [5.74, 6) is -6.98. The third-order valence-electron chi connectivity index (χ3n) is 15.8. The van der Waals surface area contributed by atoms with E-state index in [2.05, 4.69) is 25.5 Å². The number of aromatic nitrogens is 2. The van der Waals surface area contributed by atoms with Crippen LogP contribution in [0.1, 0.15) is 59.5 Å². The number of piperazine rings is 2. The minimum absolute atomic E-state index is 0.0101. The molecule has 4 N–H and O–H groups in total. The Balaban J connectivity index is 0.000000182. The molecule has 456 valence electrons. The number of carbonyl (C=O) groups excluding carboxylic acids is 4. The van der Waals surface area contributed by atoms with Crippen LogP contribution in [-0.2, 0) is 19.1 Å². The molecule has 0 radical (unpaired) electrons. The second-order valence-electron chi connectivity index (χ2n) is 21.0. The number of nitrogens with zero attached hydrogens (tertiary/aromatic N) is 10. The lowest BCUT2D eigenvalue weighted by atomic mass is 9.92. The number of methoxy groups -OCH3 is 2. The van der Waals surface area contributed by atoms with E-state index in [1.54, 1.807) is 39.7 Å². The number of thiazole rings is 2. The highest BCUT2D eigenvalue weighted by atomic mass is 35.5. The minimum Gasteiger partial charge on any atom is -0.478 e. The molecule has 12 rings (SSSR count). The Bertz CT molecular complexity index is 3910. The molecule has 88 heavy (non-hydrogen) atoms. The normalized spacial score (nSPS) is 20.4. The maximum Gasteiger partial charge on any atom is 0.338 e. The van der Waals surface area contributed by atoms with Crippen LogP contribution in [0.5, 0.6) is 0 Å². The summed E-state index contributed by atoms with van der Waals surface area (Å²) in [6.07, 6.45) is 3.29. The molecule has 0 saturated carbocycles. The van der Waals surface area contributed by atoms with Gasteiger partial charge in [-0.15, -0.1) is 22.7 Å². The molecule has 6 aliphatic heterocycles. The smallest absolute Gasteiger partial charge is 0.338 e. The lowest BCUT2D eigenvalue weighted by Crippen LogP contribution is -2.53. The Morgan fingerprint density at radius 3 is 1.52 bits per heavy atom. The van der Waals surface area contributed by atoms with Gasteiger partial charge in [0.15, 0.2) is 33.3 Å². The number of aliphatic imine (C=N–C) groups is 2. The molecule has 4 fully saturated rings. The Labute approximate surface area is 512 Å². The first-order valence-electron chi connectivity index (χ1n) is 27.3. The molecule has 0 spiro atoms. The highest BCUT2D eigenvalue weighted by Crippen LogP contribution is 2.38. The molecule has 4 aromatic carbocycles. The van der Waals surface area contributed by atoms with Crippen molar-refractivity contribution in [1.82, 2.24) is 40.2 Å². The molecular weight excluding hydrogens is 1210 g/mol. The van der Waals surface area contributed by atoms with Crippen molar-refractivity contribution in [2.24, 2.45) is 9.98 Å². The Kier molecular flexibility index (Phi) is 17.4. The summed E-state index contributed by atoms with van der Waals surface area (Å²) in [4.78, 5) is 104. The van der Waals surface area contributed by atoms with Crippen molar-refractivity contribution in [2.75, 3.05) is 89.5 Å². The predicted octanol–water partition coefficient (Wildman–Crippen LogP) is 7.49. The van der Waals surface area contributed by atoms with Gasteiger partial charge in [-0.2, -0.15) is 0 Å². The molecule has 4 saturated heterocycles. The number of halogens is 5. The Morgan fingerprint density at radius 1 is 0.625 bits per heavy atom. The van der Waals surface area contributed by atoms with Crippen molar-refractivity contribution in [3.05, 3.63) is 185 Å². The SMILES string of the molecule is COC(=O)C1=C(CN2CCN3C(=O)N(c4ccc(C(=O)O)c(F)c4)C[C@@H]3C2)NC(c2nccs2)=N[C@H]1c1ccc(Cl)cc1.COC(=O)C1=C(CN2CCN3C(=O)N(c4ccc(C(=O)O)c(F)c4)C[C@@H]3C2)NC(c2nccs2)=N[C@H]1c1ccc(F)c(F)c1C. The average molecular weight is 1270 g/mol. The fourth-order valence-corrected chi connectivity index (χ4v) is 12.8. The van der Waals surface area contributed by atoms with Gasteiger partial charge in [-0.1, -0.05) is 29.8 Å². The van der Waals surface area contributed by atoms with E-state index in [0.717, 1.165) is 35.9 Å².